The van der Waals surface area contributed by atoms with Gasteiger partial charge in [-0.05, 0) is 37.7 Å². The van der Waals surface area contributed by atoms with Gasteiger partial charge in [0.15, 0.2) is 4.83 Å². The van der Waals surface area contributed by atoms with E-state index in [9.17, 15) is 4.79 Å². The Labute approximate surface area is 122 Å². The maximum Gasteiger partial charge on any atom is 0.278 e. The van der Waals surface area contributed by atoms with Crippen molar-refractivity contribution in [2.45, 2.75) is 64.8 Å². The van der Waals surface area contributed by atoms with Crippen LogP contribution in [0.3, 0.4) is 0 Å². The van der Waals surface area contributed by atoms with Crippen molar-refractivity contribution in [3.05, 3.63) is 20.8 Å². The lowest BCUT2D eigenvalue weighted by molar-refractivity contribution is 0.502. The molecule has 2 heterocycles. The molecule has 2 aromatic rings. The quantitative estimate of drug-likeness (QED) is 0.794. The number of hydrogen-bond donors (Lipinski definition) is 0. The summed E-state index contributed by atoms with van der Waals surface area (Å²) in [7, 11) is 0. The Bertz CT molecular complexity index is 659. The van der Waals surface area contributed by atoms with Gasteiger partial charge in [0, 0.05) is 11.4 Å². The predicted octanol–water partition coefficient (Wildman–Crippen LogP) is 3.31. The highest BCUT2D eigenvalue weighted by Gasteiger charge is 2.20. The molecule has 20 heavy (non-hydrogen) atoms. The molecule has 0 saturated heterocycles. The Hall–Kier alpha value is -1.23. The summed E-state index contributed by atoms with van der Waals surface area (Å²) >= 11 is 1.67. The monoisotopic (exact) mass is 291 g/mol. The average Bonchev–Trinajstić information content (AvgIpc) is 2.85. The van der Waals surface area contributed by atoms with Gasteiger partial charge in [0.2, 0.25) is 0 Å². The van der Waals surface area contributed by atoms with Crippen molar-refractivity contribution < 1.29 is 0 Å². The minimum absolute atomic E-state index is 0.0749. The smallest absolute Gasteiger partial charge is 0.267 e. The lowest BCUT2D eigenvalue weighted by Gasteiger charge is -2.10. The fourth-order valence-electron chi connectivity index (χ4n) is 2.94. The van der Waals surface area contributed by atoms with Gasteiger partial charge in [-0.15, -0.1) is 16.4 Å². The summed E-state index contributed by atoms with van der Waals surface area (Å²) in [4.78, 5) is 14.8. The van der Waals surface area contributed by atoms with Crippen molar-refractivity contribution in [2.75, 3.05) is 0 Å². The van der Waals surface area contributed by atoms with Gasteiger partial charge in [-0.1, -0.05) is 31.4 Å². The minimum atomic E-state index is 0.0749. The maximum atomic E-state index is 12.6. The molecule has 0 unspecified atom stereocenters. The highest BCUT2D eigenvalue weighted by atomic mass is 32.1. The number of fused-ring (bicyclic) bond motifs is 3. The Morgan fingerprint density at radius 1 is 1.20 bits per heavy atom. The van der Waals surface area contributed by atoms with Crippen LogP contribution in [0.4, 0.5) is 0 Å². The zero-order valence-corrected chi connectivity index (χ0v) is 12.8. The van der Waals surface area contributed by atoms with Gasteiger partial charge in [-0.3, -0.25) is 4.79 Å². The lowest BCUT2D eigenvalue weighted by Crippen LogP contribution is -2.24. The van der Waals surface area contributed by atoms with E-state index in [2.05, 4.69) is 17.2 Å². The summed E-state index contributed by atoms with van der Waals surface area (Å²) in [5.74, 6) is 0. The average molecular weight is 291 g/mol. The van der Waals surface area contributed by atoms with Gasteiger partial charge >= 0.3 is 0 Å². The molecule has 1 aliphatic rings. The summed E-state index contributed by atoms with van der Waals surface area (Å²) < 4.78 is 1.57. The topological polar surface area (TPSA) is 47.8 Å². The second kappa shape index (κ2) is 6.04. The highest BCUT2D eigenvalue weighted by Crippen LogP contribution is 2.33. The van der Waals surface area contributed by atoms with E-state index in [1.54, 1.807) is 16.0 Å². The molecule has 108 valence electrons. The molecule has 4 nitrogen and oxygen atoms in total. The van der Waals surface area contributed by atoms with Crippen molar-refractivity contribution in [3.63, 3.8) is 0 Å². The van der Waals surface area contributed by atoms with E-state index in [1.807, 2.05) is 0 Å². The molecule has 0 aliphatic heterocycles. The first-order valence-electron chi connectivity index (χ1n) is 7.69. The number of hydrogen-bond acceptors (Lipinski definition) is 4. The third-order valence-electron chi connectivity index (χ3n) is 4.07. The Morgan fingerprint density at radius 3 is 2.90 bits per heavy atom. The standard InChI is InChI=1S/C15H21N3OS/c1-2-3-4-7-10-18-15(19)13-11-8-5-6-9-12(11)20-14(13)16-17-18/h2-10H2,1H3. The van der Waals surface area contributed by atoms with E-state index in [0.717, 1.165) is 35.9 Å². The number of thiophene rings is 1. The number of rotatable bonds is 5. The normalized spacial score (nSPS) is 14.7. The summed E-state index contributed by atoms with van der Waals surface area (Å²) in [6, 6.07) is 0. The van der Waals surface area contributed by atoms with Crippen LogP contribution in [0.15, 0.2) is 4.79 Å². The summed E-state index contributed by atoms with van der Waals surface area (Å²) in [6.45, 7) is 2.89. The third kappa shape index (κ3) is 2.51. The zero-order valence-electron chi connectivity index (χ0n) is 12.0. The summed E-state index contributed by atoms with van der Waals surface area (Å²) in [6.07, 6.45) is 9.16. The Kier molecular flexibility index (Phi) is 4.15. The fraction of sp³-hybridized carbons (Fsp3) is 0.667. The molecule has 0 saturated carbocycles. The van der Waals surface area contributed by atoms with Crippen molar-refractivity contribution in [2.24, 2.45) is 0 Å². The molecular weight excluding hydrogens is 270 g/mol. The van der Waals surface area contributed by atoms with Crippen LogP contribution in [0.5, 0.6) is 0 Å². The molecule has 0 N–H and O–H groups in total. The second-order valence-corrected chi connectivity index (χ2v) is 6.65. The highest BCUT2D eigenvalue weighted by molar-refractivity contribution is 7.18. The molecule has 2 aromatic heterocycles. The number of nitrogens with zero attached hydrogens (tertiary/aromatic N) is 3. The Balaban J connectivity index is 1.91. The molecule has 3 rings (SSSR count). The van der Waals surface area contributed by atoms with E-state index in [0.29, 0.717) is 6.54 Å². The number of aryl methyl sites for hydroxylation is 3. The van der Waals surface area contributed by atoms with Gasteiger partial charge in [0.05, 0.1) is 5.39 Å². The van der Waals surface area contributed by atoms with Crippen LogP contribution >= 0.6 is 11.3 Å². The van der Waals surface area contributed by atoms with E-state index in [1.165, 1.54) is 36.1 Å². The number of unbranched alkanes of at least 4 members (excludes halogenated alkanes) is 3. The molecule has 0 spiro atoms. The van der Waals surface area contributed by atoms with Crippen LogP contribution in [0, 0.1) is 0 Å². The van der Waals surface area contributed by atoms with Crippen molar-refractivity contribution in [3.8, 4) is 0 Å². The van der Waals surface area contributed by atoms with Gasteiger partial charge in [0.1, 0.15) is 0 Å². The molecule has 0 radical (unpaired) electrons. The molecular formula is C15H21N3OS. The second-order valence-electron chi connectivity index (χ2n) is 5.57. The van der Waals surface area contributed by atoms with Crippen molar-refractivity contribution in [1.82, 2.24) is 15.0 Å². The fourth-order valence-corrected chi connectivity index (χ4v) is 4.14. The molecule has 0 aromatic carbocycles. The van der Waals surface area contributed by atoms with E-state index in [4.69, 9.17) is 0 Å². The first kappa shape index (κ1) is 13.7. The van der Waals surface area contributed by atoms with Gasteiger partial charge in [-0.2, -0.15) is 0 Å². The SMILES string of the molecule is CCCCCCn1nnc2sc3c(c2c1=O)CCCC3. The van der Waals surface area contributed by atoms with Crippen LogP contribution in [-0.2, 0) is 19.4 Å². The molecule has 0 atom stereocenters. The number of aromatic nitrogens is 3. The van der Waals surface area contributed by atoms with Gasteiger partial charge in [0.25, 0.3) is 5.56 Å². The minimum Gasteiger partial charge on any atom is -0.267 e. The van der Waals surface area contributed by atoms with E-state index in [-0.39, 0.29) is 5.56 Å². The maximum absolute atomic E-state index is 12.6. The van der Waals surface area contributed by atoms with Gasteiger partial charge < -0.3 is 0 Å². The molecule has 0 bridgehead atoms. The molecule has 1 aliphatic carbocycles. The first-order valence-corrected chi connectivity index (χ1v) is 8.51. The van der Waals surface area contributed by atoms with Crippen LogP contribution in [0.1, 0.15) is 55.9 Å². The molecule has 0 fully saturated rings. The largest absolute Gasteiger partial charge is 0.278 e. The molecule has 0 amide bonds. The Morgan fingerprint density at radius 2 is 2.05 bits per heavy atom. The van der Waals surface area contributed by atoms with Crippen LogP contribution < -0.4 is 5.56 Å². The van der Waals surface area contributed by atoms with E-state index >= 15 is 0 Å². The van der Waals surface area contributed by atoms with E-state index < -0.39 is 0 Å². The summed E-state index contributed by atoms with van der Waals surface area (Å²) in [5.41, 5.74) is 1.34. The molecule has 5 heteroatoms. The van der Waals surface area contributed by atoms with Crippen LogP contribution in [0.2, 0.25) is 0 Å². The predicted molar refractivity (Wildman–Crippen MR) is 82.5 cm³/mol. The first-order chi connectivity index (χ1) is 9.81. The zero-order chi connectivity index (χ0) is 13.9. The van der Waals surface area contributed by atoms with Crippen molar-refractivity contribution >= 4 is 21.6 Å². The summed E-state index contributed by atoms with van der Waals surface area (Å²) in [5, 5.41) is 9.25. The third-order valence-corrected chi connectivity index (χ3v) is 5.24. The van der Waals surface area contributed by atoms with Gasteiger partial charge in [-0.25, -0.2) is 4.68 Å². The van der Waals surface area contributed by atoms with Crippen LogP contribution in [-0.4, -0.2) is 15.0 Å². The van der Waals surface area contributed by atoms with Crippen LogP contribution in [0.25, 0.3) is 10.2 Å². The lowest BCUT2D eigenvalue weighted by atomic mass is 9.97. The van der Waals surface area contributed by atoms with Crippen molar-refractivity contribution in [1.29, 1.82) is 0 Å².